The molecule has 1 N–H and O–H groups in total. The maximum Gasteiger partial charge on any atom is 0.246 e. The van der Waals surface area contributed by atoms with Gasteiger partial charge < -0.3 is 9.84 Å². The highest BCUT2D eigenvalue weighted by Gasteiger charge is 2.09. The van der Waals surface area contributed by atoms with Crippen LogP contribution in [0.1, 0.15) is 5.89 Å². The molecule has 0 aliphatic rings. The number of nitrogens with zero attached hydrogens (tertiary/aromatic N) is 3. The number of anilines is 1. The quantitative estimate of drug-likeness (QED) is 0.747. The van der Waals surface area contributed by atoms with Crippen LogP contribution in [0.5, 0.6) is 0 Å². The Hall–Kier alpha value is -2.47. The van der Waals surface area contributed by atoms with Crippen molar-refractivity contribution >= 4 is 17.3 Å². The van der Waals surface area contributed by atoms with Crippen molar-refractivity contribution in [2.45, 2.75) is 6.54 Å². The second-order valence-electron chi connectivity index (χ2n) is 4.25. The van der Waals surface area contributed by atoms with E-state index in [1.807, 2.05) is 0 Å². The summed E-state index contributed by atoms with van der Waals surface area (Å²) < 4.78 is 18.3. The average molecular weight is 305 g/mol. The standard InChI is InChI=1S/C14H10ClFN4O/c15-12-5-4-11(7-18-12)17-8-13-19-14(20-21-13)9-2-1-3-10(16)6-9/h1-7,17H,8H2. The lowest BCUT2D eigenvalue weighted by Gasteiger charge is -2.01. The van der Waals surface area contributed by atoms with Crippen molar-refractivity contribution in [1.29, 1.82) is 0 Å². The molecule has 0 radical (unpaired) electrons. The summed E-state index contributed by atoms with van der Waals surface area (Å²) >= 11 is 5.70. The van der Waals surface area contributed by atoms with Gasteiger partial charge in [-0.25, -0.2) is 9.37 Å². The zero-order valence-corrected chi connectivity index (χ0v) is 11.5. The number of hydrogen-bond donors (Lipinski definition) is 1. The molecule has 3 aromatic rings. The van der Waals surface area contributed by atoms with Gasteiger partial charge in [-0.15, -0.1) is 0 Å². The first kappa shape index (κ1) is 13.5. The summed E-state index contributed by atoms with van der Waals surface area (Å²) in [6.07, 6.45) is 1.60. The number of hydrogen-bond acceptors (Lipinski definition) is 5. The molecule has 5 nitrogen and oxygen atoms in total. The smallest absolute Gasteiger partial charge is 0.246 e. The molecular formula is C14H10ClFN4O. The minimum absolute atomic E-state index is 0.339. The predicted octanol–water partition coefficient (Wildman–Crippen LogP) is 3.54. The molecule has 0 aliphatic carbocycles. The number of aromatic nitrogens is 3. The maximum atomic E-state index is 13.1. The molecule has 0 spiro atoms. The number of halogens is 2. The van der Waals surface area contributed by atoms with Crippen molar-refractivity contribution in [1.82, 2.24) is 15.1 Å². The Morgan fingerprint density at radius 1 is 1.24 bits per heavy atom. The second-order valence-corrected chi connectivity index (χ2v) is 4.63. The fourth-order valence-electron chi connectivity index (χ4n) is 1.73. The third-order valence-corrected chi connectivity index (χ3v) is 2.95. The molecule has 2 heterocycles. The third kappa shape index (κ3) is 3.35. The van der Waals surface area contributed by atoms with E-state index in [0.717, 1.165) is 5.69 Å². The summed E-state index contributed by atoms with van der Waals surface area (Å²) in [7, 11) is 0. The predicted molar refractivity (Wildman–Crippen MR) is 76.3 cm³/mol. The minimum Gasteiger partial charge on any atom is -0.375 e. The van der Waals surface area contributed by atoms with Crippen LogP contribution in [0.25, 0.3) is 11.4 Å². The van der Waals surface area contributed by atoms with Crippen LogP contribution in [-0.4, -0.2) is 15.1 Å². The van der Waals surface area contributed by atoms with Gasteiger partial charge >= 0.3 is 0 Å². The van der Waals surface area contributed by atoms with E-state index in [-0.39, 0.29) is 5.82 Å². The molecular weight excluding hydrogens is 295 g/mol. The van der Waals surface area contributed by atoms with Crippen LogP contribution in [0.15, 0.2) is 47.1 Å². The lowest BCUT2D eigenvalue weighted by molar-refractivity contribution is 0.384. The molecule has 0 bridgehead atoms. The second kappa shape index (κ2) is 5.88. The van der Waals surface area contributed by atoms with Gasteiger partial charge in [0.25, 0.3) is 0 Å². The van der Waals surface area contributed by atoms with Crippen LogP contribution in [0.3, 0.4) is 0 Å². The first-order valence-electron chi connectivity index (χ1n) is 6.15. The Bertz CT molecular complexity index is 745. The summed E-state index contributed by atoms with van der Waals surface area (Å²) in [5.74, 6) is 0.397. The highest BCUT2D eigenvalue weighted by atomic mass is 35.5. The van der Waals surface area contributed by atoms with Crippen molar-refractivity contribution in [2.24, 2.45) is 0 Å². The Morgan fingerprint density at radius 3 is 2.90 bits per heavy atom. The van der Waals surface area contributed by atoms with Crippen molar-refractivity contribution in [2.75, 3.05) is 5.32 Å². The summed E-state index contributed by atoms with van der Waals surface area (Å²) in [5.41, 5.74) is 1.35. The maximum absolute atomic E-state index is 13.1. The monoisotopic (exact) mass is 304 g/mol. The van der Waals surface area contributed by atoms with E-state index in [2.05, 4.69) is 20.4 Å². The molecule has 3 rings (SSSR count). The van der Waals surface area contributed by atoms with Crippen molar-refractivity contribution in [3.63, 3.8) is 0 Å². The van der Waals surface area contributed by atoms with E-state index < -0.39 is 0 Å². The van der Waals surface area contributed by atoms with Gasteiger partial charge in [0.2, 0.25) is 11.7 Å². The highest BCUT2D eigenvalue weighted by molar-refractivity contribution is 6.29. The average Bonchev–Trinajstić information content (AvgIpc) is 2.96. The zero-order chi connectivity index (χ0) is 14.7. The largest absolute Gasteiger partial charge is 0.375 e. The van der Waals surface area contributed by atoms with E-state index in [1.165, 1.54) is 12.1 Å². The molecule has 0 amide bonds. The van der Waals surface area contributed by atoms with Crippen molar-refractivity contribution < 1.29 is 8.91 Å². The number of pyridine rings is 1. The van der Waals surface area contributed by atoms with E-state index in [0.29, 0.717) is 29.0 Å². The van der Waals surface area contributed by atoms with Gasteiger partial charge in [0.15, 0.2) is 0 Å². The molecule has 0 aliphatic heterocycles. The molecule has 1 aromatic carbocycles. The van der Waals surface area contributed by atoms with Gasteiger partial charge in [0.1, 0.15) is 11.0 Å². The molecule has 0 atom stereocenters. The summed E-state index contributed by atoms with van der Waals surface area (Å²) in [6.45, 7) is 0.339. The number of rotatable bonds is 4. The van der Waals surface area contributed by atoms with Gasteiger partial charge in [-0.1, -0.05) is 28.9 Å². The van der Waals surface area contributed by atoms with Gasteiger partial charge in [-0.3, -0.25) is 0 Å². The first-order chi connectivity index (χ1) is 10.2. The highest BCUT2D eigenvalue weighted by Crippen LogP contribution is 2.17. The zero-order valence-electron chi connectivity index (χ0n) is 10.8. The van der Waals surface area contributed by atoms with E-state index in [9.17, 15) is 4.39 Å². The fraction of sp³-hybridized carbons (Fsp3) is 0.0714. The fourth-order valence-corrected chi connectivity index (χ4v) is 1.84. The Kier molecular flexibility index (Phi) is 3.79. The Morgan fingerprint density at radius 2 is 2.14 bits per heavy atom. The van der Waals surface area contributed by atoms with Crippen LogP contribution < -0.4 is 5.32 Å². The molecule has 0 unspecified atom stereocenters. The van der Waals surface area contributed by atoms with Crippen LogP contribution in [-0.2, 0) is 6.54 Å². The van der Waals surface area contributed by atoms with Crippen LogP contribution in [0.4, 0.5) is 10.1 Å². The molecule has 2 aromatic heterocycles. The van der Waals surface area contributed by atoms with E-state index in [4.69, 9.17) is 16.1 Å². The van der Waals surface area contributed by atoms with Gasteiger partial charge in [0.05, 0.1) is 18.4 Å². The first-order valence-corrected chi connectivity index (χ1v) is 6.52. The third-order valence-electron chi connectivity index (χ3n) is 2.72. The lowest BCUT2D eigenvalue weighted by atomic mass is 10.2. The topological polar surface area (TPSA) is 63.8 Å². The summed E-state index contributed by atoms with van der Waals surface area (Å²) in [5, 5.41) is 7.32. The van der Waals surface area contributed by atoms with Crippen molar-refractivity contribution in [3.8, 4) is 11.4 Å². The molecule has 0 saturated carbocycles. The van der Waals surface area contributed by atoms with Gasteiger partial charge in [-0.05, 0) is 24.3 Å². The Balaban J connectivity index is 1.69. The lowest BCUT2D eigenvalue weighted by Crippen LogP contribution is -1.99. The molecule has 21 heavy (non-hydrogen) atoms. The number of benzene rings is 1. The molecule has 0 saturated heterocycles. The van der Waals surface area contributed by atoms with Gasteiger partial charge in [-0.2, -0.15) is 4.98 Å². The molecule has 7 heteroatoms. The van der Waals surface area contributed by atoms with E-state index >= 15 is 0 Å². The van der Waals surface area contributed by atoms with Crippen LogP contribution in [0, 0.1) is 5.82 Å². The Labute approximate surface area is 124 Å². The SMILES string of the molecule is Fc1cccc(-c2noc(CNc3ccc(Cl)nc3)n2)c1. The summed E-state index contributed by atoms with van der Waals surface area (Å²) in [4.78, 5) is 8.15. The normalized spacial score (nSPS) is 10.6. The van der Waals surface area contributed by atoms with Crippen LogP contribution >= 0.6 is 11.6 Å². The number of nitrogens with one attached hydrogen (secondary N) is 1. The summed E-state index contributed by atoms with van der Waals surface area (Å²) in [6, 6.07) is 9.49. The van der Waals surface area contributed by atoms with Crippen LogP contribution in [0.2, 0.25) is 5.15 Å². The minimum atomic E-state index is -0.343. The van der Waals surface area contributed by atoms with Crippen molar-refractivity contribution in [3.05, 3.63) is 59.5 Å². The molecule has 106 valence electrons. The molecule has 0 fully saturated rings. The van der Waals surface area contributed by atoms with Gasteiger partial charge in [0, 0.05) is 5.56 Å². The van der Waals surface area contributed by atoms with E-state index in [1.54, 1.807) is 30.5 Å².